The number of fused-ring (bicyclic) bond motifs is 1. The van der Waals surface area contributed by atoms with Crippen LogP contribution in [0.15, 0.2) is 47.2 Å². The molecule has 0 saturated carbocycles. The average molecular weight is 361 g/mol. The predicted molar refractivity (Wildman–Crippen MR) is 97.9 cm³/mol. The molecule has 3 atom stereocenters. The van der Waals surface area contributed by atoms with Crippen molar-refractivity contribution in [3.8, 4) is 18.2 Å². The smallest absolute Gasteiger partial charge is 0.191 e. The first-order valence-electron chi connectivity index (χ1n) is 8.66. The van der Waals surface area contributed by atoms with E-state index in [9.17, 15) is 20.2 Å². The van der Waals surface area contributed by atoms with Crippen LogP contribution < -0.4 is 5.73 Å². The number of benzene rings is 1. The molecule has 3 rings (SSSR count). The lowest BCUT2D eigenvalue weighted by atomic mass is 9.51. The highest BCUT2D eigenvalue weighted by Gasteiger charge is 2.60. The molecule has 0 amide bonds. The molecule has 2 N–H and O–H groups in total. The van der Waals surface area contributed by atoms with Gasteiger partial charge in [-0.25, -0.2) is 4.39 Å². The minimum Gasteiger partial charge on any atom is -0.399 e. The van der Waals surface area contributed by atoms with Crippen LogP contribution in [0.3, 0.4) is 0 Å². The number of halogens is 1. The second-order valence-electron chi connectivity index (χ2n) is 7.57. The van der Waals surface area contributed by atoms with Crippen LogP contribution in [0, 0.1) is 50.6 Å². The van der Waals surface area contributed by atoms with E-state index >= 15 is 0 Å². The topological polar surface area (TPSA) is 101 Å². The summed E-state index contributed by atoms with van der Waals surface area (Å²) in [5.41, 5.74) is 5.44. The fraction of sp³-hybridized carbons (Fsp3) is 0.381. The predicted octanol–water partition coefficient (Wildman–Crippen LogP) is 2.96. The molecule has 6 heteroatoms. The molecule has 1 aliphatic heterocycles. The Kier molecular flexibility index (Phi) is 4.31. The van der Waals surface area contributed by atoms with Crippen molar-refractivity contribution in [2.75, 3.05) is 13.6 Å². The van der Waals surface area contributed by atoms with E-state index in [1.165, 1.54) is 12.1 Å². The maximum Gasteiger partial charge on any atom is 0.191 e. The van der Waals surface area contributed by atoms with Crippen molar-refractivity contribution in [2.45, 2.75) is 25.8 Å². The Morgan fingerprint density at radius 1 is 1.19 bits per heavy atom. The Labute approximate surface area is 158 Å². The molecule has 0 radical (unpaired) electrons. The second-order valence-corrected chi connectivity index (χ2v) is 7.57. The van der Waals surface area contributed by atoms with E-state index in [-0.39, 0.29) is 17.3 Å². The van der Waals surface area contributed by atoms with E-state index in [0.29, 0.717) is 12.1 Å². The molecule has 1 aromatic carbocycles. The summed E-state index contributed by atoms with van der Waals surface area (Å²) in [5, 5.41) is 29.8. The van der Waals surface area contributed by atoms with Crippen LogP contribution in [-0.4, -0.2) is 24.5 Å². The van der Waals surface area contributed by atoms with Gasteiger partial charge in [-0.05, 0) is 37.2 Å². The van der Waals surface area contributed by atoms with Crippen LogP contribution >= 0.6 is 0 Å². The van der Waals surface area contributed by atoms with Crippen LogP contribution in [0.2, 0.25) is 0 Å². The highest BCUT2D eigenvalue weighted by Crippen LogP contribution is 2.60. The lowest BCUT2D eigenvalue weighted by Gasteiger charge is -2.53. The molecule has 1 aromatic rings. The second kappa shape index (κ2) is 6.23. The van der Waals surface area contributed by atoms with Gasteiger partial charge in [0.25, 0.3) is 0 Å². The summed E-state index contributed by atoms with van der Waals surface area (Å²) in [6.07, 6.45) is 1.98. The van der Waals surface area contributed by atoms with Crippen LogP contribution in [0.4, 0.5) is 4.39 Å². The van der Waals surface area contributed by atoms with E-state index in [0.717, 1.165) is 5.57 Å². The van der Waals surface area contributed by atoms with Gasteiger partial charge in [0.2, 0.25) is 0 Å². The summed E-state index contributed by atoms with van der Waals surface area (Å²) >= 11 is 0. The Morgan fingerprint density at radius 3 is 2.30 bits per heavy atom. The lowest BCUT2D eigenvalue weighted by molar-refractivity contribution is 0.124. The van der Waals surface area contributed by atoms with Crippen LogP contribution in [0.5, 0.6) is 0 Å². The SMILES string of the molecule is C[C@H]1C=C2C(C#N)=C(N)C(C#N)(C#N)[C@@H](c3ccc(F)cc3)[C@]2(C)CN1C. The summed E-state index contributed by atoms with van der Waals surface area (Å²) < 4.78 is 13.5. The van der Waals surface area contributed by atoms with Gasteiger partial charge in [0, 0.05) is 23.9 Å². The number of allylic oxidation sites excluding steroid dienone is 2. The molecule has 136 valence electrons. The highest BCUT2D eigenvalue weighted by molar-refractivity contribution is 5.61. The van der Waals surface area contributed by atoms with Gasteiger partial charge in [-0.15, -0.1) is 0 Å². The van der Waals surface area contributed by atoms with Gasteiger partial charge in [-0.1, -0.05) is 25.1 Å². The maximum atomic E-state index is 13.5. The molecule has 1 aliphatic carbocycles. The molecule has 0 fully saturated rings. The third-order valence-electron chi connectivity index (χ3n) is 6.00. The van der Waals surface area contributed by atoms with Crippen LogP contribution in [0.1, 0.15) is 25.3 Å². The zero-order chi connectivity index (χ0) is 20.0. The normalized spacial score (nSPS) is 29.7. The van der Waals surface area contributed by atoms with Gasteiger partial charge < -0.3 is 5.73 Å². The first-order chi connectivity index (χ1) is 12.7. The summed E-state index contributed by atoms with van der Waals surface area (Å²) in [6, 6.07) is 12.2. The third kappa shape index (κ3) is 2.44. The number of hydrogen-bond acceptors (Lipinski definition) is 5. The number of nitriles is 3. The minimum atomic E-state index is -1.71. The Bertz CT molecular complexity index is 956. The zero-order valence-electron chi connectivity index (χ0n) is 15.5. The Hall–Kier alpha value is -3.14. The molecule has 1 heterocycles. The van der Waals surface area contributed by atoms with E-state index in [2.05, 4.69) is 23.1 Å². The van der Waals surface area contributed by atoms with Gasteiger partial charge in [-0.2, -0.15) is 15.8 Å². The fourth-order valence-electron chi connectivity index (χ4n) is 4.57. The Morgan fingerprint density at radius 2 is 1.78 bits per heavy atom. The van der Waals surface area contributed by atoms with E-state index in [1.54, 1.807) is 12.1 Å². The zero-order valence-corrected chi connectivity index (χ0v) is 15.5. The molecule has 0 saturated heterocycles. The van der Waals surface area contributed by atoms with E-state index in [1.807, 2.05) is 27.0 Å². The van der Waals surface area contributed by atoms with Gasteiger partial charge in [0.15, 0.2) is 5.41 Å². The van der Waals surface area contributed by atoms with Crippen molar-refractivity contribution in [3.63, 3.8) is 0 Å². The van der Waals surface area contributed by atoms with Crippen molar-refractivity contribution in [3.05, 3.63) is 58.6 Å². The average Bonchev–Trinajstić information content (AvgIpc) is 2.65. The van der Waals surface area contributed by atoms with Crippen molar-refractivity contribution in [1.29, 1.82) is 15.8 Å². The molecule has 0 bridgehead atoms. The molecule has 27 heavy (non-hydrogen) atoms. The molecular weight excluding hydrogens is 341 g/mol. The van der Waals surface area contributed by atoms with Crippen molar-refractivity contribution in [2.24, 2.45) is 16.6 Å². The van der Waals surface area contributed by atoms with E-state index < -0.39 is 22.6 Å². The first-order valence-corrected chi connectivity index (χ1v) is 8.66. The minimum absolute atomic E-state index is 0.0233. The molecule has 0 aromatic heterocycles. The van der Waals surface area contributed by atoms with Gasteiger partial charge in [-0.3, -0.25) is 4.90 Å². The molecule has 5 nitrogen and oxygen atoms in total. The number of likely N-dealkylation sites (N-methyl/N-ethyl adjacent to an activating group) is 1. The number of hydrogen-bond donors (Lipinski definition) is 1. The van der Waals surface area contributed by atoms with Crippen molar-refractivity contribution < 1.29 is 4.39 Å². The summed E-state index contributed by atoms with van der Waals surface area (Å²) in [7, 11) is 1.96. The molecule has 0 spiro atoms. The fourth-order valence-corrected chi connectivity index (χ4v) is 4.57. The number of nitrogens with zero attached hydrogens (tertiary/aromatic N) is 4. The molecular formula is C21H20FN5. The summed E-state index contributed by atoms with van der Waals surface area (Å²) in [4.78, 5) is 2.11. The standard InChI is InChI=1S/C21H20FN5/c1-13-8-17-16(9-23)19(26)21(10-24,11-25)18(20(17,2)12-27(13)3)14-4-6-15(22)7-5-14/h4-8,13,18H,12,26H2,1-3H3/t13-,18-,20+/m0/s1. The number of rotatable bonds is 1. The van der Waals surface area contributed by atoms with Gasteiger partial charge in [0.1, 0.15) is 11.9 Å². The largest absolute Gasteiger partial charge is 0.399 e. The maximum absolute atomic E-state index is 13.5. The summed E-state index contributed by atoms with van der Waals surface area (Å²) in [5.74, 6) is -1.04. The summed E-state index contributed by atoms with van der Waals surface area (Å²) in [6.45, 7) is 4.50. The quantitative estimate of drug-likeness (QED) is 0.829. The third-order valence-corrected chi connectivity index (χ3v) is 6.00. The Balaban J connectivity index is 2.42. The first kappa shape index (κ1) is 18.6. The number of nitrogens with two attached hydrogens (primary N) is 1. The van der Waals surface area contributed by atoms with Gasteiger partial charge in [0.05, 0.1) is 23.4 Å². The highest BCUT2D eigenvalue weighted by atomic mass is 19.1. The van der Waals surface area contributed by atoms with Crippen molar-refractivity contribution >= 4 is 0 Å². The van der Waals surface area contributed by atoms with Gasteiger partial charge >= 0.3 is 0 Å². The van der Waals surface area contributed by atoms with E-state index in [4.69, 9.17) is 5.73 Å². The lowest BCUT2D eigenvalue weighted by Crippen LogP contribution is -2.54. The van der Waals surface area contributed by atoms with Crippen LogP contribution in [0.25, 0.3) is 0 Å². The van der Waals surface area contributed by atoms with Crippen molar-refractivity contribution in [1.82, 2.24) is 4.90 Å². The molecule has 2 aliphatic rings. The monoisotopic (exact) mass is 361 g/mol. The molecule has 0 unspecified atom stereocenters. The van der Waals surface area contributed by atoms with Crippen LogP contribution in [-0.2, 0) is 0 Å².